The van der Waals surface area contributed by atoms with Crippen LogP contribution in [0.5, 0.6) is 0 Å². The standard InChI is InChI=1S/C26H24P2.2ClH.Pt/c1-5-13-23(14-6-1)27(24-15-7-2-8-16-24)21-22-28(25-17-9-3-10-18-25)26-19-11-4-12-20-26;;;/h1-20H,21-22H2;2*1H;/q;;;+2/p-2. The fourth-order valence-electron chi connectivity index (χ4n) is 3.45. The second kappa shape index (κ2) is 14.2. The summed E-state index contributed by atoms with van der Waals surface area (Å²) in [5, 5.41) is 5.89. The van der Waals surface area contributed by atoms with Gasteiger partial charge in [0.15, 0.2) is 0 Å². The Kier molecular flexibility index (Phi) is 11.3. The van der Waals surface area contributed by atoms with Crippen LogP contribution in [0.3, 0.4) is 0 Å². The van der Waals surface area contributed by atoms with Crippen LogP contribution in [0, 0.1) is 0 Å². The second-order valence-corrected chi connectivity index (χ2v) is 14.6. The second-order valence-electron chi connectivity index (χ2n) is 6.69. The molecule has 5 heteroatoms. The maximum Gasteiger partial charge on any atom is -0.0195 e. The van der Waals surface area contributed by atoms with Crippen molar-refractivity contribution in [2.45, 2.75) is 0 Å². The summed E-state index contributed by atoms with van der Waals surface area (Å²) in [4.78, 5) is 0. The molecular weight excluding hydrogens is 640 g/mol. The molecule has 0 aliphatic carbocycles. The summed E-state index contributed by atoms with van der Waals surface area (Å²) in [7, 11) is 9.05. The molecule has 0 heterocycles. The summed E-state index contributed by atoms with van der Waals surface area (Å²) in [5.41, 5.74) is 0. The van der Waals surface area contributed by atoms with E-state index in [0.29, 0.717) is 0 Å². The van der Waals surface area contributed by atoms with Crippen molar-refractivity contribution >= 4 is 55.9 Å². The minimum atomic E-state index is -0.472. The van der Waals surface area contributed by atoms with Gasteiger partial charge in [0, 0.05) is 0 Å². The van der Waals surface area contributed by atoms with Crippen molar-refractivity contribution in [3.05, 3.63) is 121 Å². The molecule has 0 amide bonds. The zero-order valence-electron chi connectivity index (χ0n) is 16.9. The van der Waals surface area contributed by atoms with Crippen LogP contribution >= 0.6 is 34.7 Å². The van der Waals surface area contributed by atoms with Gasteiger partial charge in [-0.2, -0.15) is 0 Å². The number of benzene rings is 4. The van der Waals surface area contributed by atoms with E-state index in [1.165, 1.54) is 33.5 Å². The van der Waals surface area contributed by atoms with Crippen molar-refractivity contribution in [2.75, 3.05) is 12.3 Å². The third-order valence-corrected chi connectivity index (χ3v) is 10.2. The molecule has 4 aromatic rings. The summed E-state index contributed by atoms with van der Waals surface area (Å²) in [6.45, 7) is 0. The molecule has 0 fully saturated rings. The molecule has 0 aliphatic rings. The molecule has 162 valence electrons. The van der Waals surface area contributed by atoms with E-state index in [-0.39, 0.29) is 15.8 Å². The normalized spacial score (nSPS) is 10.7. The van der Waals surface area contributed by atoms with Crippen molar-refractivity contribution in [1.29, 1.82) is 0 Å². The number of hydrogen-bond acceptors (Lipinski definition) is 0. The van der Waals surface area contributed by atoms with E-state index in [9.17, 15) is 0 Å². The summed E-state index contributed by atoms with van der Waals surface area (Å²) < 4.78 is 0. The molecule has 4 rings (SSSR count). The Morgan fingerprint density at radius 1 is 0.419 bits per heavy atom. The monoisotopic (exact) mass is 663 g/mol. The number of halogens is 2. The van der Waals surface area contributed by atoms with Crippen molar-refractivity contribution in [3.8, 4) is 0 Å². The van der Waals surface area contributed by atoms with E-state index in [0.717, 1.165) is 0 Å². The van der Waals surface area contributed by atoms with Crippen LogP contribution in [0.2, 0.25) is 0 Å². The molecule has 0 aliphatic heterocycles. The van der Waals surface area contributed by atoms with Gasteiger partial charge in [0.2, 0.25) is 0 Å². The third-order valence-electron chi connectivity index (χ3n) is 4.82. The molecule has 0 atom stereocenters. The molecule has 0 aromatic heterocycles. The van der Waals surface area contributed by atoms with E-state index >= 15 is 0 Å². The van der Waals surface area contributed by atoms with Crippen LogP contribution in [-0.4, -0.2) is 12.3 Å². The van der Waals surface area contributed by atoms with Crippen molar-refractivity contribution in [1.82, 2.24) is 0 Å². The first-order valence-corrected chi connectivity index (χ1v) is 18.6. The summed E-state index contributed by atoms with van der Waals surface area (Å²) in [6.07, 6.45) is 2.41. The minimum absolute atomic E-state index is 0.348. The third kappa shape index (κ3) is 7.82. The molecule has 0 bridgehead atoms. The molecule has 0 spiro atoms. The van der Waals surface area contributed by atoms with E-state index in [1.54, 1.807) is 0 Å². The first-order chi connectivity index (χ1) is 15.3. The molecule has 0 radical (unpaired) electrons. The van der Waals surface area contributed by atoms with Crippen molar-refractivity contribution in [3.63, 3.8) is 0 Å². The van der Waals surface area contributed by atoms with Crippen LogP contribution in [0.25, 0.3) is 0 Å². The van der Waals surface area contributed by atoms with Gasteiger partial charge in [-0.05, 0) is 49.4 Å². The van der Waals surface area contributed by atoms with Crippen LogP contribution in [-0.2, 0) is 16.5 Å². The zero-order chi connectivity index (χ0) is 21.7. The molecule has 0 saturated heterocycles. The van der Waals surface area contributed by atoms with Crippen molar-refractivity contribution in [2.24, 2.45) is 0 Å². The van der Waals surface area contributed by atoms with E-state index in [2.05, 4.69) is 121 Å². The van der Waals surface area contributed by atoms with Gasteiger partial charge in [-0.3, -0.25) is 0 Å². The maximum atomic E-state index is 4.88. The summed E-state index contributed by atoms with van der Waals surface area (Å²) in [6, 6.07) is 44.2. The quantitative estimate of drug-likeness (QED) is 0.195. The van der Waals surface area contributed by atoms with Gasteiger partial charge in [0.1, 0.15) is 0 Å². The van der Waals surface area contributed by atoms with Gasteiger partial charge in [-0.15, -0.1) is 0 Å². The number of rotatable bonds is 7. The fourth-order valence-corrected chi connectivity index (χ4v) is 8.80. The summed E-state index contributed by atoms with van der Waals surface area (Å²) in [5.74, 6) is 0. The van der Waals surface area contributed by atoms with E-state index in [4.69, 9.17) is 18.8 Å². The van der Waals surface area contributed by atoms with E-state index < -0.39 is 16.5 Å². The van der Waals surface area contributed by atoms with Gasteiger partial charge >= 0.3 is 35.3 Å². The first-order valence-electron chi connectivity index (χ1n) is 9.91. The van der Waals surface area contributed by atoms with Crippen LogP contribution in [0.1, 0.15) is 0 Å². The molecular formula is C26H24Cl2P2Pt. The van der Waals surface area contributed by atoms with Gasteiger partial charge in [-0.1, -0.05) is 121 Å². The van der Waals surface area contributed by atoms with Crippen molar-refractivity contribution < 1.29 is 16.5 Å². The summed E-state index contributed by atoms with van der Waals surface area (Å²) >= 11 is -0.472. The van der Waals surface area contributed by atoms with Gasteiger partial charge < -0.3 is 0 Å². The average Bonchev–Trinajstić information content (AvgIpc) is 2.85. The topological polar surface area (TPSA) is 0 Å². The Balaban J connectivity index is 0.000000858. The predicted molar refractivity (Wildman–Crippen MR) is 140 cm³/mol. The molecule has 0 saturated carbocycles. The first kappa shape index (κ1) is 24.6. The minimum Gasteiger partial charge on any atom is -0.0622 e. The predicted octanol–water partition coefficient (Wildman–Crippen LogP) is 6.63. The Morgan fingerprint density at radius 3 is 0.806 bits per heavy atom. The van der Waals surface area contributed by atoms with Gasteiger partial charge in [-0.25, -0.2) is 0 Å². The Bertz CT molecular complexity index is 825. The molecule has 0 nitrogen and oxygen atoms in total. The number of hydrogen-bond donors (Lipinski definition) is 0. The van der Waals surface area contributed by atoms with Gasteiger partial charge in [0.25, 0.3) is 0 Å². The Morgan fingerprint density at radius 2 is 0.613 bits per heavy atom. The fraction of sp³-hybridized carbons (Fsp3) is 0.0769. The van der Waals surface area contributed by atoms with Gasteiger partial charge in [0.05, 0.1) is 0 Å². The molecule has 31 heavy (non-hydrogen) atoms. The smallest absolute Gasteiger partial charge is 0.0195 e. The van der Waals surface area contributed by atoms with Crippen LogP contribution in [0.15, 0.2) is 121 Å². The Labute approximate surface area is 204 Å². The Hall–Kier alpha value is -0.992. The van der Waals surface area contributed by atoms with Crippen LogP contribution < -0.4 is 21.2 Å². The molecule has 4 aromatic carbocycles. The SMILES string of the molecule is [Cl][Pt][Cl].c1ccc(P(CCP(c2ccccc2)c2ccccc2)c2ccccc2)cc1. The average molecular weight is 664 g/mol. The maximum absolute atomic E-state index is 4.88. The zero-order valence-corrected chi connectivity index (χ0v) is 22.5. The molecule has 0 unspecified atom stereocenters. The largest absolute Gasteiger partial charge is 0.0622 e. The van der Waals surface area contributed by atoms with Crippen LogP contribution in [0.4, 0.5) is 0 Å². The van der Waals surface area contributed by atoms with E-state index in [1.807, 2.05) is 0 Å². The molecule has 0 N–H and O–H groups in total.